The summed E-state index contributed by atoms with van der Waals surface area (Å²) in [5.41, 5.74) is 6.24. The molecule has 0 bridgehead atoms. The molecule has 5 heteroatoms. The Kier molecular flexibility index (Phi) is 5.47. The lowest BCUT2D eigenvalue weighted by molar-refractivity contribution is 1.00. The number of benzene rings is 2. The van der Waals surface area contributed by atoms with Gasteiger partial charge in [0, 0.05) is 23.5 Å². The van der Waals surface area contributed by atoms with Crippen molar-refractivity contribution in [1.82, 2.24) is 15.0 Å². The molecule has 0 unspecified atom stereocenters. The lowest BCUT2D eigenvalue weighted by Gasteiger charge is -2.13. The van der Waals surface area contributed by atoms with Crippen molar-refractivity contribution in [2.75, 3.05) is 10.6 Å². The molecule has 144 valence electrons. The molecule has 2 aromatic heterocycles. The third-order valence-corrected chi connectivity index (χ3v) is 4.61. The highest BCUT2D eigenvalue weighted by Crippen LogP contribution is 2.25. The molecule has 0 saturated carbocycles. The van der Waals surface area contributed by atoms with Crippen LogP contribution >= 0.6 is 0 Å². The van der Waals surface area contributed by atoms with Gasteiger partial charge in [0.1, 0.15) is 5.82 Å². The maximum atomic E-state index is 4.71. The Balaban J connectivity index is 1.67. The monoisotopic (exact) mass is 381 g/mol. The minimum Gasteiger partial charge on any atom is -0.348 e. The van der Waals surface area contributed by atoms with Gasteiger partial charge < -0.3 is 10.6 Å². The maximum absolute atomic E-state index is 4.71. The van der Waals surface area contributed by atoms with Crippen LogP contribution in [0.1, 0.15) is 16.8 Å². The van der Waals surface area contributed by atoms with Crippen LogP contribution in [0, 0.1) is 13.8 Å². The summed E-state index contributed by atoms with van der Waals surface area (Å²) in [6.45, 7) is 4.73. The molecule has 2 N–H and O–H groups in total. The highest BCUT2D eigenvalue weighted by Gasteiger charge is 2.09. The smallest absolute Gasteiger partial charge is 0.225 e. The summed E-state index contributed by atoms with van der Waals surface area (Å²) in [6.07, 6.45) is 1.78. The van der Waals surface area contributed by atoms with Gasteiger partial charge in [0.15, 0.2) is 0 Å². The average molecular weight is 381 g/mol. The molecule has 0 saturated heterocycles. The summed E-state index contributed by atoms with van der Waals surface area (Å²) < 4.78 is 0. The molecule has 2 heterocycles. The van der Waals surface area contributed by atoms with E-state index in [2.05, 4.69) is 52.6 Å². The van der Waals surface area contributed by atoms with E-state index in [1.165, 1.54) is 11.1 Å². The van der Waals surface area contributed by atoms with E-state index in [4.69, 9.17) is 4.98 Å². The van der Waals surface area contributed by atoms with E-state index >= 15 is 0 Å². The first-order chi connectivity index (χ1) is 14.2. The fourth-order valence-corrected chi connectivity index (χ4v) is 3.03. The highest BCUT2D eigenvalue weighted by atomic mass is 15.1. The number of aryl methyl sites for hydroxylation is 2. The van der Waals surface area contributed by atoms with Gasteiger partial charge in [-0.1, -0.05) is 48.5 Å². The first-order valence-electron chi connectivity index (χ1n) is 9.60. The van der Waals surface area contributed by atoms with E-state index in [9.17, 15) is 0 Å². The lowest BCUT2D eigenvalue weighted by Crippen LogP contribution is -2.07. The van der Waals surface area contributed by atoms with Crippen molar-refractivity contribution in [1.29, 1.82) is 0 Å². The van der Waals surface area contributed by atoms with Crippen LogP contribution in [0.3, 0.4) is 0 Å². The number of rotatable bonds is 6. The lowest BCUT2D eigenvalue weighted by atomic mass is 10.1. The molecular weight excluding hydrogens is 358 g/mol. The molecule has 0 amide bonds. The van der Waals surface area contributed by atoms with Crippen molar-refractivity contribution in [2.24, 2.45) is 0 Å². The Morgan fingerprint density at radius 2 is 1.66 bits per heavy atom. The number of anilines is 3. The van der Waals surface area contributed by atoms with Crippen molar-refractivity contribution >= 4 is 17.5 Å². The summed E-state index contributed by atoms with van der Waals surface area (Å²) in [7, 11) is 0. The van der Waals surface area contributed by atoms with Gasteiger partial charge in [0.2, 0.25) is 5.95 Å². The van der Waals surface area contributed by atoms with E-state index in [1.807, 2.05) is 54.6 Å². The second-order valence-electron chi connectivity index (χ2n) is 6.95. The van der Waals surface area contributed by atoms with Gasteiger partial charge in [-0.25, -0.2) is 4.98 Å². The van der Waals surface area contributed by atoms with E-state index < -0.39 is 0 Å². The van der Waals surface area contributed by atoms with E-state index in [-0.39, 0.29) is 0 Å². The molecule has 0 aliphatic heterocycles. The van der Waals surface area contributed by atoms with Crippen molar-refractivity contribution < 1.29 is 0 Å². The van der Waals surface area contributed by atoms with Crippen LogP contribution in [-0.4, -0.2) is 15.0 Å². The number of pyridine rings is 1. The summed E-state index contributed by atoms with van der Waals surface area (Å²) >= 11 is 0. The molecule has 29 heavy (non-hydrogen) atoms. The zero-order chi connectivity index (χ0) is 20.1. The molecule has 2 aromatic carbocycles. The normalized spacial score (nSPS) is 10.6. The molecule has 0 spiro atoms. The standard InChI is InChI=1S/C24H23N5/c1-17-11-12-18(2)21(14-17)27-23-15-22(19-8-4-3-5-9-19)28-24(29-23)26-16-20-10-6-7-13-25-20/h3-15H,16H2,1-2H3,(H2,26,27,28,29). The minimum absolute atomic E-state index is 0.558. The second kappa shape index (κ2) is 8.52. The van der Waals surface area contributed by atoms with Gasteiger partial charge in [0.25, 0.3) is 0 Å². The highest BCUT2D eigenvalue weighted by molar-refractivity contribution is 5.68. The van der Waals surface area contributed by atoms with Crippen molar-refractivity contribution in [3.05, 3.63) is 95.8 Å². The second-order valence-corrected chi connectivity index (χ2v) is 6.95. The van der Waals surface area contributed by atoms with E-state index in [1.54, 1.807) is 6.20 Å². The average Bonchev–Trinajstić information content (AvgIpc) is 2.76. The fourth-order valence-electron chi connectivity index (χ4n) is 3.03. The SMILES string of the molecule is Cc1ccc(C)c(Nc2cc(-c3ccccc3)nc(NCc3ccccn3)n2)c1. The van der Waals surface area contributed by atoms with Gasteiger partial charge in [-0.2, -0.15) is 4.98 Å². The minimum atomic E-state index is 0.558. The van der Waals surface area contributed by atoms with Crippen molar-refractivity contribution in [3.63, 3.8) is 0 Å². The third-order valence-electron chi connectivity index (χ3n) is 4.61. The summed E-state index contributed by atoms with van der Waals surface area (Å²) in [5, 5.41) is 6.75. The molecule has 0 fully saturated rings. The summed E-state index contributed by atoms with van der Waals surface area (Å²) in [4.78, 5) is 13.7. The Morgan fingerprint density at radius 1 is 0.828 bits per heavy atom. The first kappa shape index (κ1) is 18.6. The predicted molar refractivity (Wildman–Crippen MR) is 118 cm³/mol. The molecule has 4 rings (SSSR count). The molecular formula is C24H23N5. The Bertz CT molecular complexity index is 1090. The van der Waals surface area contributed by atoms with Crippen molar-refractivity contribution in [3.8, 4) is 11.3 Å². The number of aromatic nitrogens is 3. The van der Waals surface area contributed by atoms with Gasteiger partial charge in [-0.3, -0.25) is 4.98 Å². The Morgan fingerprint density at radius 3 is 2.45 bits per heavy atom. The molecule has 0 aliphatic carbocycles. The molecule has 5 nitrogen and oxygen atoms in total. The van der Waals surface area contributed by atoms with E-state index in [0.29, 0.717) is 12.5 Å². The van der Waals surface area contributed by atoms with Gasteiger partial charge in [-0.15, -0.1) is 0 Å². The molecule has 0 radical (unpaired) electrons. The number of nitrogens with one attached hydrogen (secondary N) is 2. The van der Waals surface area contributed by atoms with Crippen molar-refractivity contribution in [2.45, 2.75) is 20.4 Å². The van der Waals surface area contributed by atoms with Gasteiger partial charge in [0.05, 0.1) is 17.9 Å². The predicted octanol–water partition coefficient (Wildman–Crippen LogP) is 5.51. The largest absolute Gasteiger partial charge is 0.348 e. The summed E-state index contributed by atoms with van der Waals surface area (Å²) in [6, 6.07) is 24.3. The molecule has 0 aliphatic rings. The Hall–Kier alpha value is -3.73. The number of hydrogen-bond acceptors (Lipinski definition) is 5. The Labute approximate surface area is 170 Å². The first-order valence-corrected chi connectivity index (χ1v) is 9.60. The van der Waals surface area contributed by atoms with Crippen LogP contribution in [0.2, 0.25) is 0 Å². The van der Waals surface area contributed by atoms with E-state index in [0.717, 1.165) is 28.5 Å². The van der Waals surface area contributed by atoms with Gasteiger partial charge >= 0.3 is 0 Å². The zero-order valence-electron chi connectivity index (χ0n) is 16.6. The third kappa shape index (κ3) is 4.76. The van der Waals surface area contributed by atoms with Crippen LogP contribution in [0.4, 0.5) is 17.5 Å². The van der Waals surface area contributed by atoms with Gasteiger partial charge in [-0.05, 0) is 43.2 Å². The van der Waals surface area contributed by atoms with Crippen LogP contribution in [0.5, 0.6) is 0 Å². The summed E-state index contributed by atoms with van der Waals surface area (Å²) in [5.74, 6) is 1.31. The van der Waals surface area contributed by atoms with Crippen LogP contribution < -0.4 is 10.6 Å². The zero-order valence-corrected chi connectivity index (χ0v) is 16.6. The fraction of sp³-hybridized carbons (Fsp3) is 0.125. The topological polar surface area (TPSA) is 62.7 Å². The van der Waals surface area contributed by atoms with Crippen LogP contribution in [0.15, 0.2) is 79.0 Å². The molecule has 4 aromatic rings. The van der Waals surface area contributed by atoms with Crippen LogP contribution in [-0.2, 0) is 6.54 Å². The maximum Gasteiger partial charge on any atom is 0.225 e. The molecule has 0 atom stereocenters. The number of hydrogen-bond donors (Lipinski definition) is 2. The quantitative estimate of drug-likeness (QED) is 0.461. The number of nitrogens with zero attached hydrogens (tertiary/aromatic N) is 3. The van der Waals surface area contributed by atoms with Crippen LogP contribution in [0.25, 0.3) is 11.3 Å².